The molecule has 1 N–H and O–H groups in total. The monoisotopic (exact) mass is 273 g/mol. The molecule has 1 atom stereocenters. The fourth-order valence-electron chi connectivity index (χ4n) is 1.88. The number of amides is 1. The highest BCUT2D eigenvalue weighted by molar-refractivity contribution is 5.94. The number of ether oxygens (including phenoxy) is 1. The van der Waals surface area contributed by atoms with Crippen LogP contribution in [0.3, 0.4) is 0 Å². The summed E-state index contributed by atoms with van der Waals surface area (Å²) in [5.41, 5.74) is 1.38. The minimum absolute atomic E-state index is 0.164. The second-order valence-electron chi connectivity index (χ2n) is 4.48. The van der Waals surface area contributed by atoms with E-state index in [1.807, 2.05) is 31.2 Å². The predicted molar refractivity (Wildman–Crippen MR) is 75.3 cm³/mol. The lowest BCUT2D eigenvalue weighted by Crippen LogP contribution is -2.26. The summed E-state index contributed by atoms with van der Waals surface area (Å²) in [7, 11) is 1.60. The van der Waals surface area contributed by atoms with Gasteiger partial charge in [-0.25, -0.2) is 4.39 Å². The van der Waals surface area contributed by atoms with Crippen LogP contribution in [0.25, 0.3) is 0 Å². The number of carbonyl (C=O) groups excluding carboxylic acids is 1. The third-order valence-electron chi connectivity index (χ3n) is 3.05. The molecule has 0 bridgehead atoms. The largest absolute Gasteiger partial charge is 0.497 e. The van der Waals surface area contributed by atoms with Crippen molar-refractivity contribution < 1.29 is 13.9 Å². The molecular formula is C16H16FNO2. The zero-order valence-corrected chi connectivity index (χ0v) is 11.4. The van der Waals surface area contributed by atoms with Crippen LogP contribution in [0, 0.1) is 5.82 Å². The van der Waals surface area contributed by atoms with Gasteiger partial charge in [-0.05, 0) is 48.9 Å². The Labute approximate surface area is 117 Å². The summed E-state index contributed by atoms with van der Waals surface area (Å²) in [4.78, 5) is 12.0. The highest BCUT2D eigenvalue weighted by Gasteiger charge is 2.12. The summed E-state index contributed by atoms with van der Waals surface area (Å²) in [5.74, 6) is 0.146. The zero-order chi connectivity index (χ0) is 14.5. The van der Waals surface area contributed by atoms with Crippen LogP contribution in [-0.2, 0) is 0 Å². The Hall–Kier alpha value is -2.36. The van der Waals surface area contributed by atoms with Crippen molar-refractivity contribution >= 4 is 5.91 Å². The third kappa shape index (κ3) is 3.35. The van der Waals surface area contributed by atoms with E-state index in [9.17, 15) is 9.18 Å². The molecule has 4 heteroatoms. The molecule has 0 spiro atoms. The van der Waals surface area contributed by atoms with Crippen LogP contribution in [-0.4, -0.2) is 13.0 Å². The van der Waals surface area contributed by atoms with Gasteiger partial charge in [0, 0.05) is 5.56 Å². The first-order valence-electron chi connectivity index (χ1n) is 6.30. The number of benzene rings is 2. The molecule has 0 saturated heterocycles. The second kappa shape index (κ2) is 6.19. The van der Waals surface area contributed by atoms with Crippen LogP contribution in [0.4, 0.5) is 4.39 Å². The van der Waals surface area contributed by atoms with Crippen molar-refractivity contribution in [2.75, 3.05) is 7.11 Å². The van der Waals surface area contributed by atoms with Crippen LogP contribution in [0.2, 0.25) is 0 Å². The SMILES string of the molecule is COc1cccc([C@H](C)NC(=O)c2ccc(F)cc2)c1. The molecule has 2 aromatic rings. The van der Waals surface area contributed by atoms with Gasteiger partial charge in [-0.15, -0.1) is 0 Å². The van der Waals surface area contributed by atoms with Crippen LogP contribution < -0.4 is 10.1 Å². The molecule has 0 fully saturated rings. The molecule has 104 valence electrons. The predicted octanol–water partition coefficient (Wildman–Crippen LogP) is 3.33. The van der Waals surface area contributed by atoms with Crippen LogP contribution in [0.1, 0.15) is 28.9 Å². The molecule has 0 aliphatic carbocycles. The molecule has 0 aliphatic heterocycles. The van der Waals surface area contributed by atoms with Gasteiger partial charge in [-0.3, -0.25) is 4.79 Å². The molecule has 20 heavy (non-hydrogen) atoms. The Morgan fingerprint density at radius 2 is 1.90 bits per heavy atom. The first-order chi connectivity index (χ1) is 9.60. The van der Waals surface area contributed by atoms with E-state index in [0.717, 1.165) is 11.3 Å². The first-order valence-corrected chi connectivity index (χ1v) is 6.30. The lowest BCUT2D eigenvalue weighted by Gasteiger charge is -2.15. The molecule has 0 unspecified atom stereocenters. The van der Waals surface area contributed by atoms with E-state index in [4.69, 9.17) is 4.74 Å². The standard InChI is InChI=1S/C16H16FNO2/c1-11(13-4-3-5-15(10-13)20-2)18-16(19)12-6-8-14(17)9-7-12/h3-11H,1-2H3,(H,18,19)/t11-/m0/s1. The highest BCUT2D eigenvalue weighted by atomic mass is 19.1. The van der Waals surface area contributed by atoms with E-state index in [1.54, 1.807) is 7.11 Å². The molecule has 0 aliphatic rings. The summed E-state index contributed by atoms with van der Waals surface area (Å²) < 4.78 is 18.0. The van der Waals surface area contributed by atoms with Gasteiger partial charge in [0.15, 0.2) is 0 Å². The van der Waals surface area contributed by atoms with Gasteiger partial charge < -0.3 is 10.1 Å². The van der Waals surface area contributed by atoms with Gasteiger partial charge in [-0.1, -0.05) is 12.1 Å². The van der Waals surface area contributed by atoms with E-state index in [2.05, 4.69) is 5.32 Å². The fraction of sp³-hybridized carbons (Fsp3) is 0.188. The zero-order valence-electron chi connectivity index (χ0n) is 11.4. The van der Waals surface area contributed by atoms with E-state index in [-0.39, 0.29) is 17.8 Å². The van der Waals surface area contributed by atoms with Gasteiger partial charge in [0.05, 0.1) is 13.2 Å². The number of nitrogens with one attached hydrogen (secondary N) is 1. The Morgan fingerprint density at radius 1 is 1.20 bits per heavy atom. The van der Waals surface area contributed by atoms with Gasteiger partial charge in [0.2, 0.25) is 0 Å². The van der Waals surface area contributed by atoms with E-state index >= 15 is 0 Å². The number of methoxy groups -OCH3 is 1. The third-order valence-corrected chi connectivity index (χ3v) is 3.05. The molecule has 1 amide bonds. The fourth-order valence-corrected chi connectivity index (χ4v) is 1.88. The Morgan fingerprint density at radius 3 is 2.55 bits per heavy atom. The van der Waals surface area contributed by atoms with Crippen molar-refractivity contribution in [3.8, 4) is 5.75 Å². The summed E-state index contributed by atoms with van der Waals surface area (Å²) in [6.07, 6.45) is 0. The van der Waals surface area contributed by atoms with E-state index in [0.29, 0.717) is 5.56 Å². The molecule has 0 aromatic heterocycles. The average Bonchev–Trinajstić information content (AvgIpc) is 2.47. The number of hydrogen-bond donors (Lipinski definition) is 1. The molecule has 3 nitrogen and oxygen atoms in total. The van der Waals surface area contributed by atoms with Gasteiger partial charge in [0.1, 0.15) is 11.6 Å². The number of carbonyl (C=O) groups is 1. The average molecular weight is 273 g/mol. The normalized spacial score (nSPS) is 11.8. The minimum atomic E-state index is -0.359. The van der Waals surface area contributed by atoms with E-state index in [1.165, 1.54) is 24.3 Å². The van der Waals surface area contributed by atoms with Gasteiger partial charge >= 0.3 is 0 Å². The Kier molecular flexibility index (Phi) is 4.35. The Bertz CT molecular complexity index is 596. The van der Waals surface area contributed by atoms with E-state index < -0.39 is 0 Å². The summed E-state index contributed by atoms with van der Waals surface area (Å²) in [6.45, 7) is 1.89. The molecule has 0 heterocycles. The number of hydrogen-bond acceptors (Lipinski definition) is 2. The van der Waals surface area contributed by atoms with Crippen molar-refractivity contribution in [1.82, 2.24) is 5.32 Å². The maximum Gasteiger partial charge on any atom is 0.251 e. The van der Waals surface area contributed by atoms with Crippen molar-refractivity contribution in [2.24, 2.45) is 0 Å². The van der Waals surface area contributed by atoms with Crippen molar-refractivity contribution in [3.05, 3.63) is 65.5 Å². The van der Waals surface area contributed by atoms with Crippen LogP contribution >= 0.6 is 0 Å². The molecule has 2 aromatic carbocycles. The minimum Gasteiger partial charge on any atom is -0.497 e. The first kappa shape index (κ1) is 14.1. The van der Waals surface area contributed by atoms with Gasteiger partial charge in [-0.2, -0.15) is 0 Å². The molecule has 0 radical (unpaired) electrons. The summed E-state index contributed by atoms with van der Waals surface area (Å²) >= 11 is 0. The molecule has 0 saturated carbocycles. The smallest absolute Gasteiger partial charge is 0.251 e. The quantitative estimate of drug-likeness (QED) is 0.928. The van der Waals surface area contributed by atoms with Crippen LogP contribution in [0.5, 0.6) is 5.75 Å². The van der Waals surface area contributed by atoms with Crippen molar-refractivity contribution in [3.63, 3.8) is 0 Å². The maximum atomic E-state index is 12.8. The van der Waals surface area contributed by atoms with Crippen molar-refractivity contribution in [1.29, 1.82) is 0 Å². The lowest BCUT2D eigenvalue weighted by atomic mass is 10.1. The second-order valence-corrected chi connectivity index (χ2v) is 4.48. The molecular weight excluding hydrogens is 257 g/mol. The maximum absolute atomic E-state index is 12.8. The lowest BCUT2D eigenvalue weighted by molar-refractivity contribution is 0.0940. The highest BCUT2D eigenvalue weighted by Crippen LogP contribution is 2.19. The summed E-state index contributed by atoms with van der Waals surface area (Å²) in [6, 6.07) is 12.8. The molecule has 2 rings (SSSR count). The van der Waals surface area contributed by atoms with Crippen molar-refractivity contribution in [2.45, 2.75) is 13.0 Å². The number of rotatable bonds is 4. The van der Waals surface area contributed by atoms with Gasteiger partial charge in [0.25, 0.3) is 5.91 Å². The topological polar surface area (TPSA) is 38.3 Å². The summed E-state index contributed by atoms with van der Waals surface area (Å²) in [5, 5.41) is 2.87. The van der Waals surface area contributed by atoms with Crippen LogP contribution in [0.15, 0.2) is 48.5 Å². The number of halogens is 1. The Balaban J connectivity index is 2.08.